The summed E-state index contributed by atoms with van der Waals surface area (Å²) in [5.41, 5.74) is 0. The molecule has 0 aliphatic carbocycles. The molecular formula is C12H18ClN5O. The predicted octanol–water partition coefficient (Wildman–Crippen LogP) is 1.77. The van der Waals surface area contributed by atoms with Crippen LogP contribution in [0.1, 0.15) is 26.2 Å². The SMILES string of the molecule is CCCCCN(CCO)c1cc(Cl)nc2ncnn12. The molecule has 0 aliphatic heterocycles. The van der Waals surface area contributed by atoms with Gasteiger partial charge in [-0.15, -0.1) is 0 Å². The van der Waals surface area contributed by atoms with E-state index in [1.54, 1.807) is 10.6 Å². The molecule has 2 rings (SSSR count). The lowest BCUT2D eigenvalue weighted by Crippen LogP contribution is -2.30. The molecule has 2 aromatic heterocycles. The molecule has 6 nitrogen and oxygen atoms in total. The summed E-state index contributed by atoms with van der Waals surface area (Å²) in [6.45, 7) is 3.64. The van der Waals surface area contributed by atoms with E-state index >= 15 is 0 Å². The fraction of sp³-hybridized carbons (Fsp3) is 0.583. The summed E-state index contributed by atoms with van der Waals surface area (Å²) in [6.07, 6.45) is 4.82. The Bertz CT molecular complexity index is 530. The second-order valence-corrected chi connectivity index (χ2v) is 4.71. The van der Waals surface area contributed by atoms with Gasteiger partial charge < -0.3 is 10.0 Å². The molecule has 104 valence electrons. The third kappa shape index (κ3) is 3.33. The van der Waals surface area contributed by atoms with Crippen molar-refractivity contribution in [2.75, 3.05) is 24.6 Å². The highest BCUT2D eigenvalue weighted by atomic mass is 35.5. The lowest BCUT2D eigenvalue weighted by atomic mass is 10.2. The molecule has 0 bridgehead atoms. The van der Waals surface area contributed by atoms with Crippen LogP contribution in [0.4, 0.5) is 5.82 Å². The first-order valence-corrected chi connectivity index (χ1v) is 6.86. The number of nitrogens with zero attached hydrogens (tertiary/aromatic N) is 5. The topological polar surface area (TPSA) is 66.5 Å². The van der Waals surface area contributed by atoms with Gasteiger partial charge in [-0.3, -0.25) is 0 Å². The van der Waals surface area contributed by atoms with Crippen molar-refractivity contribution in [1.82, 2.24) is 19.6 Å². The minimum Gasteiger partial charge on any atom is -0.395 e. The smallest absolute Gasteiger partial charge is 0.255 e. The Balaban J connectivity index is 2.29. The Kier molecular flexibility index (Phi) is 4.93. The molecule has 0 unspecified atom stereocenters. The Morgan fingerprint density at radius 1 is 1.37 bits per heavy atom. The van der Waals surface area contributed by atoms with Crippen LogP contribution in [0.2, 0.25) is 5.15 Å². The van der Waals surface area contributed by atoms with Crippen LogP contribution in [0.25, 0.3) is 5.78 Å². The summed E-state index contributed by atoms with van der Waals surface area (Å²) in [6, 6.07) is 1.75. The number of aromatic nitrogens is 4. The second-order valence-electron chi connectivity index (χ2n) is 4.33. The third-order valence-electron chi connectivity index (χ3n) is 2.93. The number of aliphatic hydroxyl groups is 1. The number of anilines is 1. The third-order valence-corrected chi connectivity index (χ3v) is 3.12. The average molecular weight is 284 g/mol. The molecule has 0 aliphatic rings. The molecule has 19 heavy (non-hydrogen) atoms. The van der Waals surface area contributed by atoms with E-state index in [4.69, 9.17) is 11.6 Å². The molecule has 0 spiro atoms. The Morgan fingerprint density at radius 2 is 2.21 bits per heavy atom. The summed E-state index contributed by atoms with van der Waals surface area (Å²) < 4.78 is 1.65. The molecule has 0 amide bonds. The maximum absolute atomic E-state index is 9.21. The van der Waals surface area contributed by atoms with Gasteiger partial charge in [0.05, 0.1) is 6.61 Å². The van der Waals surface area contributed by atoms with Crippen LogP contribution in [0.15, 0.2) is 12.4 Å². The molecule has 2 aromatic rings. The van der Waals surface area contributed by atoms with Crippen molar-refractivity contribution >= 4 is 23.2 Å². The van der Waals surface area contributed by atoms with E-state index in [2.05, 4.69) is 26.9 Å². The van der Waals surface area contributed by atoms with Crippen molar-refractivity contribution in [1.29, 1.82) is 0 Å². The molecule has 0 fully saturated rings. The van der Waals surface area contributed by atoms with Gasteiger partial charge in [0.15, 0.2) is 0 Å². The van der Waals surface area contributed by atoms with Gasteiger partial charge in [0.2, 0.25) is 0 Å². The molecule has 0 aromatic carbocycles. The summed E-state index contributed by atoms with van der Waals surface area (Å²) in [7, 11) is 0. The van der Waals surface area contributed by atoms with Gasteiger partial charge in [-0.05, 0) is 6.42 Å². The van der Waals surface area contributed by atoms with Crippen molar-refractivity contribution < 1.29 is 5.11 Å². The Labute approximate surface area is 117 Å². The van der Waals surface area contributed by atoms with Crippen molar-refractivity contribution in [2.45, 2.75) is 26.2 Å². The fourth-order valence-corrected chi connectivity index (χ4v) is 2.18. The number of aliphatic hydroxyl groups excluding tert-OH is 1. The van der Waals surface area contributed by atoms with Gasteiger partial charge in [-0.1, -0.05) is 31.4 Å². The summed E-state index contributed by atoms with van der Waals surface area (Å²) in [5.74, 6) is 1.29. The van der Waals surface area contributed by atoms with E-state index in [0.29, 0.717) is 17.5 Å². The first kappa shape index (κ1) is 14.0. The van der Waals surface area contributed by atoms with Crippen LogP contribution in [0, 0.1) is 0 Å². The highest BCUT2D eigenvalue weighted by Gasteiger charge is 2.13. The molecule has 2 heterocycles. The Morgan fingerprint density at radius 3 is 2.95 bits per heavy atom. The van der Waals surface area contributed by atoms with Crippen LogP contribution in [0.3, 0.4) is 0 Å². The lowest BCUT2D eigenvalue weighted by Gasteiger charge is -2.24. The molecule has 7 heteroatoms. The maximum Gasteiger partial charge on any atom is 0.255 e. The van der Waals surface area contributed by atoms with Crippen molar-refractivity contribution in [3.05, 3.63) is 17.5 Å². The first-order valence-electron chi connectivity index (χ1n) is 6.48. The molecule has 0 atom stereocenters. The molecule has 0 saturated heterocycles. The largest absolute Gasteiger partial charge is 0.395 e. The van der Waals surface area contributed by atoms with Crippen molar-refractivity contribution in [3.8, 4) is 0 Å². The van der Waals surface area contributed by atoms with Crippen LogP contribution in [0.5, 0.6) is 0 Å². The van der Waals surface area contributed by atoms with E-state index in [9.17, 15) is 5.11 Å². The number of fused-ring (bicyclic) bond motifs is 1. The number of halogens is 1. The van der Waals surface area contributed by atoms with Crippen molar-refractivity contribution in [2.24, 2.45) is 0 Å². The molecular weight excluding hydrogens is 266 g/mol. The van der Waals surface area contributed by atoms with Crippen LogP contribution < -0.4 is 4.90 Å². The highest BCUT2D eigenvalue weighted by molar-refractivity contribution is 6.29. The zero-order chi connectivity index (χ0) is 13.7. The first-order chi connectivity index (χ1) is 9.26. The molecule has 1 N–H and O–H groups in total. The number of hydrogen-bond acceptors (Lipinski definition) is 5. The van der Waals surface area contributed by atoms with Gasteiger partial charge in [0.1, 0.15) is 17.3 Å². The van der Waals surface area contributed by atoms with E-state index in [-0.39, 0.29) is 6.61 Å². The quantitative estimate of drug-likeness (QED) is 0.620. The van der Waals surface area contributed by atoms with E-state index in [1.807, 2.05) is 0 Å². The van der Waals surface area contributed by atoms with E-state index in [0.717, 1.165) is 31.6 Å². The number of rotatable bonds is 7. The normalized spacial score (nSPS) is 11.1. The fourth-order valence-electron chi connectivity index (χ4n) is 2.01. The van der Waals surface area contributed by atoms with Gasteiger partial charge in [0.25, 0.3) is 5.78 Å². The van der Waals surface area contributed by atoms with Gasteiger partial charge in [-0.2, -0.15) is 19.6 Å². The second kappa shape index (κ2) is 6.68. The van der Waals surface area contributed by atoms with E-state index in [1.165, 1.54) is 6.33 Å². The minimum atomic E-state index is 0.0856. The average Bonchev–Trinajstić information content (AvgIpc) is 2.85. The van der Waals surface area contributed by atoms with Gasteiger partial charge in [0, 0.05) is 19.2 Å². The summed E-state index contributed by atoms with van der Waals surface area (Å²) in [5, 5.41) is 13.7. The maximum atomic E-state index is 9.21. The van der Waals surface area contributed by atoms with Crippen LogP contribution in [-0.2, 0) is 0 Å². The summed E-state index contributed by atoms with van der Waals surface area (Å²) >= 11 is 6.00. The highest BCUT2D eigenvalue weighted by Crippen LogP contribution is 2.19. The number of unbranched alkanes of at least 4 members (excludes halogenated alkanes) is 2. The van der Waals surface area contributed by atoms with Crippen LogP contribution in [-0.4, -0.2) is 44.4 Å². The number of hydrogen-bond donors (Lipinski definition) is 1. The van der Waals surface area contributed by atoms with Gasteiger partial charge in [-0.25, -0.2) is 0 Å². The zero-order valence-corrected chi connectivity index (χ0v) is 11.7. The van der Waals surface area contributed by atoms with Gasteiger partial charge >= 0.3 is 0 Å². The molecule has 0 saturated carbocycles. The minimum absolute atomic E-state index is 0.0856. The predicted molar refractivity (Wildman–Crippen MR) is 74.6 cm³/mol. The lowest BCUT2D eigenvalue weighted by molar-refractivity contribution is 0.301. The zero-order valence-electron chi connectivity index (χ0n) is 11.0. The summed E-state index contributed by atoms with van der Waals surface area (Å²) in [4.78, 5) is 10.2. The monoisotopic (exact) mass is 283 g/mol. The molecule has 0 radical (unpaired) electrons. The van der Waals surface area contributed by atoms with Crippen LogP contribution >= 0.6 is 11.6 Å². The Hall–Kier alpha value is -1.40. The van der Waals surface area contributed by atoms with E-state index < -0.39 is 0 Å². The van der Waals surface area contributed by atoms with Crippen molar-refractivity contribution in [3.63, 3.8) is 0 Å². The standard InChI is InChI=1S/C12H18ClN5O/c1-2-3-4-5-17(6-7-19)11-8-10(13)16-12-14-9-15-18(11)12/h8-9,19H,2-7H2,1H3.